The van der Waals surface area contributed by atoms with Gasteiger partial charge < -0.3 is 24.6 Å². The molecule has 0 fully saturated rings. The van der Waals surface area contributed by atoms with Gasteiger partial charge in [0.25, 0.3) is 0 Å². The Kier molecular flexibility index (Phi) is 10.8. The highest BCUT2D eigenvalue weighted by molar-refractivity contribution is 5.76. The molecule has 0 aromatic rings. The van der Waals surface area contributed by atoms with Crippen molar-refractivity contribution in [1.82, 2.24) is 5.32 Å². The van der Waals surface area contributed by atoms with Gasteiger partial charge in [-0.15, -0.1) is 0 Å². The number of aliphatic hydroxyl groups is 1. The maximum Gasteiger partial charge on any atom is 0.222 e. The highest BCUT2D eigenvalue weighted by atomic mass is 16.5. The lowest BCUT2D eigenvalue weighted by Crippen LogP contribution is -2.40. The Hall–Kier alpha value is -0.690. The fourth-order valence-corrected chi connectivity index (χ4v) is 1.25. The van der Waals surface area contributed by atoms with Gasteiger partial charge in [0.15, 0.2) is 0 Å². The number of rotatable bonds is 11. The third kappa shape index (κ3) is 15.3. The second-order valence-electron chi connectivity index (χ2n) is 5.11. The van der Waals surface area contributed by atoms with E-state index in [1.807, 2.05) is 20.8 Å². The molecule has 0 aliphatic heterocycles. The number of hydrogen-bond acceptors (Lipinski definition) is 5. The maximum atomic E-state index is 11.4. The van der Waals surface area contributed by atoms with E-state index in [1.165, 1.54) is 0 Å². The number of carbonyl (C=O) groups excluding carboxylic acids is 1. The van der Waals surface area contributed by atoms with E-state index in [4.69, 9.17) is 19.3 Å². The molecule has 2 N–H and O–H groups in total. The van der Waals surface area contributed by atoms with E-state index in [1.54, 1.807) is 0 Å². The molecule has 0 radical (unpaired) electrons. The summed E-state index contributed by atoms with van der Waals surface area (Å²) >= 11 is 0. The van der Waals surface area contributed by atoms with Gasteiger partial charge in [0.05, 0.1) is 46.2 Å². The Balaban J connectivity index is 3.21. The first-order valence-electron chi connectivity index (χ1n) is 6.61. The SMILES string of the molecule is CC(C)(C)NC(=O)CCOCCOCCOCCO. The van der Waals surface area contributed by atoms with Gasteiger partial charge >= 0.3 is 0 Å². The Labute approximate surface area is 115 Å². The first-order valence-corrected chi connectivity index (χ1v) is 6.61. The molecule has 0 saturated heterocycles. The summed E-state index contributed by atoms with van der Waals surface area (Å²) in [7, 11) is 0. The summed E-state index contributed by atoms with van der Waals surface area (Å²) in [5.41, 5.74) is -0.200. The van der Waals surface area contributed by atoms with Crippen LogP contribution < -0.4 is 5.32 Å². The lowest BCUT2D eigenvalue weighted by molar-refractivity contribution is -0.123. The van der Waals surface area contributed by atoms with Gasteiger partial charge in [0.2, 0.25) is 5.91 Å². The predicted molar refractivity (Wildman–Crippen MR) is 72.1 cm³/mol. The molecule has 0 aromatic heterocycles. The molecule has 0 atom stereocenters. The molecular formula is C13H27NO5. The third-order valence-electron chi connectivity index (χ3n) is 1.97. The second-order valence-corrected chi connectivity index (χ2v) is 5.11. The first-order chi connectivity index (χ1) is 8.95. The minimum absolute atomic E-state index is 0.00850. The Morgan fingerprint density at radius 3 is 1.89 bits per heavy atom. The molecule has 0 bridgehead atoms. The van der Waals surface area contributed by atoms with Crippen molar-refractivity contribution in [1.29, 1.82) is 0 Å². The normalized spacial score (nSPS) is 11.6. The minimum atomic E-state index is -0.200. The molecule has 0 rings (SSSR count). The van der Waals surface area contributed by atoms with Gasteiger partial charge in [-0.2, -0.15) is 0 Å². The fraction of sp³-hybridized carbons (Fsp3) is 0.923. The summed E-state index contributed by atoms with van der Waals surface area (Å²) in [6, 6.07) is 0. The highest BCUT2D eigenvalue weighted by Gasteiger charge is 2.12. The van der Waals surface area contributed by atoms with Crippen LogP contribution >= 0.6 is 0 Å². The van der Waals surface area contributed by atoms with Crippen LogP contribution in [0.2, 0.25) is 0 Å². The summed E-state index contributed by atoms with van der Waals surface area (Å²) in [5, 5.41) is 11.3. The van der Waals surface area contributed by atoms with Crippen LogP contribution in [0.25, 0.3) is 0 Å². The monoisotopic (exact) mass is 277 g/mol. The molecule has 114 valence electrons. The summed E-state index contributed by atoms with van der Waals surface area (Å²) in [4.78, 5) is 11.4. The van der Waals surface area contributed by atoms with Crippen molar-refractivity contribution >= 4 is 5.91 Å². The number of ether oxygens (including phenoxy) is 3. The third-order valence-corrected chi connectivity index (χ3v) is 1.97. The Morgan fingerprint density at radius 2 is 1.42 bits per heavy atom. The maximum absolute atomic E-state index is 11.4. The molecule has 0 saturated carbocycles. The zero-order chi connectivity index (χ0) is 14.6. The topological polar surface area (TPSA) is 77.0 Å². The summed E-state index contributed by atoms with van der Waals surface area (Å²) in [5.74, 6) is -0.00850. The van der Waals surface area contributed by atoms with Crippen LogP contribution in [0.15, 0.2) is 0 Å². The highest BCUT2D eigenvalue weighted by Crippen LogP contribution is 1.99. The average Bonchev–Trinajstić information content (AvgIpc) is 2.29. The van der Waals surface area contributed by atoms with Crippen LogP contribution in [0, 0.1) is 0 Å². The van der Waals surface area contributed by atoms with Crippen molar-refractivity contribution in [3.05, 3.63) is 0 Å². The minimum Gasteiger partial charge on any atom is -0.394 e. The molecule has 0 aromatic carbocycles. The number of nitrogens with one attached hydrogen (secondary N) is 1. The molecule has 0 unspecified atom stereocenters. The first kappa shape index (κ1) is 18.3. The van der Waals surface area contributed by atoms with Crippen molar-refractivity contribution in [3.63, 3.8) is 0 Å². The van der Waals surface area contributed by atoms with Crippen LogP contribution in [-0.4, -0.2) is 62.8 Å². The molecular weight excluding hydrogens is 250 g/mol. The number of amides is 1. The molecule has 1 amide bonds. The van der Waals surface area contributed by atoms with E-state index in [0.717, 1.165) is 0 Å². The largest absolute Gasteiger partial charge is 0.394 e. The van der Waals surface area contributed by atoms with E-state index < -0.39 is 0 Å². The van der Waals surface area contributed by atoms with Gasteiger partial charge in [-0.05, 0) is 20.8 Å². The van der Waals surface area contributed by atoms with Crippen LogP contribution in [0.4, 0.5) is 0 Å². The lowest BCUT2D eigenvalue weighted by atomic mass is 10.1. The van der Waals surface area contributed by atoms with Crippen molar-refractivity contribution < 1.29 is 24.1 Å². The van der Waals surface area contributed by atoms with E-state index in [-0.39, 0.29) is 18.1 Å². The van der Waals surface area contributed by atoms with Crippen LogP contribution in [0.1, 0.15) is 27.2 Å². The number of carbonyl (C=O) groups is 1. The molecule has 6 heteroatoms. The molecule has 19 heavy (non-hydrogen) atoms. The standard InChI is InChI=1S/C13H27NO5/c1-13(2,3)14-12(16)4-6-17-8-10-19-11-9-18-7-5-15/h15H,4-11H2,1-3H3,(H,14,16). The molecule has 0 spiro atoms. The van der Waals surface area contributed by atoms with Gasteiger partial charge in [0.1, 0.15) is 0 Å². The van der Waals surface area contributed by atoms with Crippen LogP contribution in [0.3, 0.4) is 0 Å². The van der Waals surface area contributed by atoms with Crippen LogP contribution in [0.5, 0.6) is 0 Å². The quantitative estimate of drug-likeness (QED) is 0.532. The molecule has 6 nitrogen and oxygen atoms in total. The van der Waals surface area contributed by atoms with Gasteiger partial charge in [-0.3, -0.25) is 4.79 Å². The zero-order valence-corrected chi connectivity index (χ0v) is 12.2. The Bertz CT molecular complexity index is 228. The van der Waals surface area contributed by atoms with Gasteiger partial charge in [-0.1, -0.05) is 0 Å². The summed E-state index contributed by atoms with van der Waals surface area (Å²) in [6.07, 6.45) is 0.358. The van der Waals surface area contributed by atoms with Crippen molar-refractivity contribution in [3.8, 4) is 0 Å². The zero-order valence-electron chi connectivity index (χ0n) is 12.2. The summed E-state index contributed by atoms with van der Waals surface area (Å²) < 4.78 is 15.5. The average molecular weight is 277 g/mol. The lowest BCUT2D eigenvalue weighted by Gasteiger charge is -2.20. The second kappa shape index (κ2) is 11.2. The van der Waals surface area contributed by atoms with E-state index in [0.29, 0.717) is 46.1 Å². The van der Waals surface area contributed by atoms with Crippen molar-refractivity contribution in [2.24, 2.45) is 0 Å². The molecule has 0 aliphatic carbocycles. The van der Waals surface area contributed by atoms with Crippen molar-refractivity contribution in [2.75, 3.05) is 46.2 Å². The number of aliphatic hydroxyl groups excluding tert-OH is 1. The van der Waals surface area contributed by atoms with E-state index in [9.17, 15) is 4.79 Å². The molecule has 0 heterocycles. The molecule has 0 aliphatic rings. The smallest absolute Gasteiger partial charge is 0.222 e. The Morgan fingerprint density at radius 1 is 0.947 bits per heavy atom. The summed E-state index contributed by atoms with van der Waals surface area (Å²) in [6.45, 7) is 8.47. The van der Waals surface area contributed by atoms with Gasteiger partial charge in [-0.25, -0.2) is 0 Å². The van der Waals surface area contributed by atoms with E-state index >= 15 is 0 Å². The van der Waals surface area contributed by atoms with Gasteiger partial charge in [0, 0.05) is 12.0 Å². The van der Waals surface area contributed by atoms with Crippen molar-refractivity contribution in [2.45, 2.75) is 32.7 Å². The number of hydrogen-bond donors (Lipinski definition) is 2. The van der Waals surface area contributed by atoms with E-state index in [2.05, 4.69) is 5.32 Å². The fourth-order valence-electron chi connectivity index (χ4n) is 1.25. The predicted octanol–water partition coefficient (Wildman–Crippen LogP) is 0.333. The van der Waals surface area contributed by atoms with Crippen LogP contribution in [-0.2, 0) is 19.0 Å².